The van der Waals surface area contributed by atoms with Crippen LogP contribution in [0.4, 0.5) is 0 Å². The van der Waals surface area contributed by atoms with Crippen molar-refractivity contribution >= 4 is 0 Å². The summed E-state index contributed by atoms with van der Waals surface area (Å²) >= 11 is 1.47. The Kier molecular flexibility index (Phi) is 2.33. The van der Waals surface area contributed by atoms with E-state index in [4.69, 9.17) is 0 Å². The van der Waals surface area contributed by atoms with Crippen molar-refractivity contribution in [1.29, 1.82) is 0 Å². The van der Waals surface area contributed by atoms with Crippen molar-refractivity contribution in [2.75, 3.05) is 0 Å². The molecule has 0 spiro atoms. The summed E-state index contributed by atoms with van der Waals surface area (Å²) in [6.07, 6.45) is 13.4. The molecule has 0 saturated heterocycles. The summed E-state index contributed by atoms with van der Waals surface area (Å²) in [6.45, 7) is 2.20. The van der Waals surface area contributed by atoms with E-state index in [0.29, 0.717) is 0 Å². The van der Waals surface area contributed by atoms with Crippen LogP contribution in [0.2, 0.25) is 0 Å². The van der Waals surface area contributed by atoms with Crippen LogP contribution >= 0.6 is 0 Å². The molecule has 0 aromatic heterocycles. The predicted molar refractivity (Wildman–Crippen MR) is 48.3 cm³/mol. The molecule has 0 atom stereocenters. The summed E-state index contributed by atoms with van der Waals surface area (Å²) in [5.74, 6) is 0. The quantitative estimate of drug-likeness (QED) is 0.646. The van der Waals surface area contributed by atoms with Crippen molar-refractivity contribution in [3.8, 4) is 0 Å². The van der Waals surface area contributed by atoms with Gasteiger partial charge in [-0.05, 0) is 0 Å². The van der Waals surface area contributed by atoms with E-state index >= 15 is 0 Å². The zero-order chi connectivity index (χ0) is 8.39. The fraction of sp³-hybridized carbons (Fsp3) is 0.273. The van der Waals surface area contributed by atoms with E-state index in [1.54, 1.807) is 4.51 Å². The van der Waals surface area contributed by atoms with Gasteiger partial charge in [0.2, 0.25) is 0 Å². The average molecular weight is 203 g/mol. The van der Waals surface area contributed by atoms with Gasteiger partial charge in [0.15, 0.2) is 0 Å². The second kappa shape index (κ2) is 3.46. The molecule has 0 N–H and O–H groups in total. The normalized spacial score (nSPS) is 21.2. The Morgan fingerprint density at radius 2 is 2.17 bits per heavy atom. The number of rotatable bonds is 2. The van der Waals surface area contributed by atoms with Gasteiger partial charge in [-0.1, -0.05) is 0 Å². The molecule has 0 aromatic carbocycles. The fourth-order valence-corrected chi connectivity index (χ4v) is 2.62. The number of allylic oxidation sites excluding steroid dienone is 8. The van der Waals surface area contributed by atoms with Crippen LogP contribution in [0.25, 0.3) is 0 Å². The summed E-state index contributed by atoms with van der Waals surface area (Å²) in [5, 5.41) is 0. The van der Waals surface area contributed by atoms with Crippen molar-refractivity contribution in [3.63, 3.8) is 0 Å². The Morgan fingerprint density at radius 3 is 2.75 bits per heavy atom. The molecule has 2 aliphatic rings. The maximum atomic E-state index is 2.25. The van der Waals surface area contributed by atoms with Gasteiger partial charge in [0.05, 0.1) is 0 Å². The molecule has 2 aliphatic carbocycles. The van der Waals surface area contributed by atoms with Crippen LogP contribution in [-0.4, -0.2) is 0 Å². The van der Waals surface area contributed by atoms with E-state index in [-0.39, 0.29) is 0 Å². The Balaban J connectivity index is 2.01. The van der Waals surface area contributed by atoms with E-state index in [1.807, 2.05) is 0 Å². The van der Waals surface area contributed by atoms with Crippen molar-refractivity contribution in [3.05, 3.63) is 45.0 Å². The second-order valence-corrected chi connectivity index (χ2v) is 4.53. The van der Waals surface area contributed by atoms with Crippen LogP contribution in [0.15, 0.2) is 45.0 Å². The first-order chi connectivity index (χ1) is 5.86. The minimum atomic E-state index is 1.15. The minimum absolute atomic E-state index is 1.15. The Morgan fingerprint density at radius 1 is 1.25 bits per heavy atom. The molecule has 0 unspecified atom stereocenters. The van der Waals surface area contributed by atoms with Crippen LogP contribution in [0, 0.1) is 0 Å². The van der Waals surface area contributed by atoms with Gasteiger partial charge in [0.1, 0.15) is 0 Å². The van der Waals surface area contributed by atoms with Crippen molar-refractivity contribution in [2.24, 2.45) is 0 Å². The van der Waals surface area contributed by atoms with Gasteiger partial charge < -0.3 is 0 Å². The molecule has 0 radical (unpaired) electrons. The van der Waals surface area contributed by atoms with Crippen molar-refractivity contribution < 1.29 is 14.7 Å². The first-order valence-corrected chi connectivity index (χ1v) is 5.23. The Bertz CT molecular complexity index is 303. The standard InChI is InChI=1S/C6H7.C5H5.Co/c1-6-4-2-3-5-6;1-2-4-5-3-1;/h2,4H,3H2,1H3;1-3H,4H2;. The van der Waals surface area contributed by atoms with Crippen LogP contribution in [0.1, 0.15) is 19.8 Å². The molecule has 2 rings (SSSR count). The van der Waals surface area contributed by atoms with Gasteiger partial charge in [-0.25, -0.2) is 0 Å². The molecule has 0 amide bonds. The molecule has 65 valence electrons. The van der Waals surface area contributed by atoms with Crippen LogP contribution in [-0.2, 0) is 14.7 Å². The van der Waals surface area contributed by atoms with E-state index in [2.05, 4.69) is 37.3 Å². The Labute approximate surface area is 79.7 Å². The molecule has 0 heterocycles. The van der Waals surface area contributed by atoms with Crippen LogP contribution in [0.5, 0.6) is 0 Å². The first-order valence-electron chi connectivity index (χ1n) is 4.18. The van der Waals surface area contributed by atoms with E-state index < -0.39 is 0 Å². The fourth-order valence-electron chi connectivity index (χ4n) is 1.28. The zero-order valence-electron chi connectivity index (χ0n) is 7.13. The third-order valence-corrected chi connectivity index (χ3v) is 3.64. The summed E-state index contributed by atoms with van der Waals surface area (Å²) in [7, 11) is 0. The van der Waals surface area contributed by atoms with Gasteiger partial charge in [-0.15, -0.1) is 0 Å². The third-order valence-electron chi connectivity index (χ3n) is 1.98. The topological polar surface area (TPSA) is 0 Å². The average Bonchev–Trinajstić information content (AvgIpc) is 2.65. The predicted octanol–water partition coefficient (Wildman–Crippen LogP) is 3.15. The maximum absolute atomic E-state index is 2.25. The van der Waals surface area contributed by atoms with Gasteiger partial charge in [0, 0.05) is 0 Å². The molecule has 0 nitrogen and oxygen atoms in total. The third kappa shape index (κ3) is 1.62. The molecule has 0 aromatic rings. The SMILES string of the molecule is CC1=[C]([Co][C]2=CC=CC2)CC=C1. The van der Waals surface area contributed by atoms with Crippen molar-refractivity contribution in [1.82, 2.24) is 0 Å². The Hall–Kier alpha value is -0.534. The van der Waals surface area contributed by atoms with Gasteiger partial charge in [0.25, 0.3) is 0 Å². The molecule has 12 heavy (non-hydrogen) atoms. The molecule has 0 fully saturated rings. The molecule has 0 saturated carbocycles. The molecular formula is C11H12Co. The number of hydrogen-bond donors (Lipinski definition) is 0. The summed E-state index contributed by atoms with van der Waals surface area (Å²) < 4.78 is 3.10. The van der Waals surface area contributed by atoms with Crippen molar-refractivity contribution in [2.45, 2.75) is 19.8 Å². The summed E-state index contributed by atoms with van der Waals surface area (Å²) in [6, 6.07) is 0. The molecule has 0 aliphatic heterocycles. The first kappa shape index (κ1) is 8.08. The van der Waals surface area contributed by atoms with Gasteiger partial charge in [-0.3, -0.25) is 0 Å². The second-order valence-electron chi connectivity index (χ2n) is 2.97. The van der Waals surface area contributed by atoms with Crippen LogP contribution in [0.3, 0.4) is 0 Å². The van der Waals surface area contributed by atoms with Gasteiger partial charge in [-0.2, -0.15) is 0 Å². The molecule has 1 heteroatoms. The van der Waals surface area contributed by atoms with E-state index in [9.17, 15) is 0 Å². The molecular weight excluding hydrogens is 191 g/mol. The van der Waals surface area contributed by atoms with E-state index in [1.165, 1.54) is 24.8 Å². The zero-order valence-corrected chi connectivity index (χ0v) is 8.18. The summed E-state index contributed by atoms with van der Waals surface area (Å²) in [5.41, 5.74) is 1.46. The van der Waals surface area contributed by atoms with Crippen LogP contribution < -0.4 is 0 Å². The summed E-state index contributed by atoms with van der Waals surface area (Å²) in [4.78, 5) is 0. The number of hydrogen-bond acceptors (Lipinski definition) is 0. The monoisotopic (exact) mass is 203 g/mol. The molecule has 0 bridgehead atoms. The van der Waals surface area contributed by atoms with E-state index in [0.717, 1.165) is 12.8 Å². The van der Waals surface area contributed by atoms with Gasteiger partial charge >= 0.3 is 79.4 Å².